The van der Waals surface area contributed by atoms with E-state index in [1.54, 1.807) is 0 Å². The molecule has 1 fully saturated rings. The first-order valence-electron chi connectivity index (χ1n) is 5.88. The molecule has 1 aromatic rings. The summed E-state index contributed by atoms with van der Waals surface area (Å²) in [6.45, 7) is 2.25. The summed E-state index contributed by atoms with van der Waals surface area (Å²) < 4.78 is 6.32. The summed E-state index contributed by atoms with van der Waals surface area (Å²) in [7, 11) is 0. The van der Waals surface area contributed by atoms with E-state index in [0.717, 1.165) is 29.9 Å². The summed E-state index contributed by atoms with van der Waals surface area (Å²) in [4.78, 5) is 2.42. The molecule has 1 unspecified atom stereocenters. The minimum absolute atomic E-state index is 0.281. The number of furan rings is 1. The molecule has 0 aliphatic carbocycles. The highest BCUT2D eigenvalue weighted by molar-refractivity contribution is 9.10. The average Bonchev–Trinajstić information content (AvgIpc) is 2.67. The minimum Gasteiger partial charge on any atom is -0.453 e. The molecule has 1 N–H and O–H groups in total. The summed E-state index contributed by atoms with van der Waals surface area (Å²) in [6, 6.07) is 4.46. The average molecular weight is 288 g/mol. The van der Waals surface area contributed by atoms with E-state index in [4.69, 9.17) is 9.52 Å². The predicted octanol–water partition coefficient (Wildman–Crippen LogP) is 2.78. The Morgan fingerprint density at radius 2 is 2.31 bits per heavy atom. The van der Waals surface area contributed by atoms with Crippen LogP contribution in [0.15, 0.2) is 21.2 Å². The summed E-state index contributed by atoms with van der Waals surface area (Å²) in [5, 5.41) is 9.05. The third kappa shape index (κ3) is 3.09. The van der Waals surface area contributed by atoms with Crippen molar-refractivity contribution in [2.24, 2.45) is 0 Å². The molecule has 0 saturated carbocycles. The van der Waals surface area contributed by atoms with Crippen LogP contribution in [0, 0.1) is 0 Å². The maximum absolute atomic E-state index is 9.05. The molecular weight excluding hydrogens is 270 g/mol. The van der Waals surface area contributed by atoms with E-state index in [1.807, 2.05) is 12.1 Å². The predicted molar refractivity (Wildman–Crippen MR) is 66.2 cm³/mol. The number of halogens is 1. The molecule has 2 rings (SSSR count). The van der Waals surface area contributed by atoms with Gasteiger partial charge in [-0.15, -0.1) is 0 Å². The van der Waals surface area contributed by atoms with Crippen molar-refractivity contribution in [2.45, 2.75) is 38.3 Å². The van der Waals surface area contributed by atoms with Crippen molar-refractivity contribution in [3.8, 4) is 0 Å². The molecule has 90 valence electrons. The van der Waals surface area contributed by atoms with Gasteiger partial charge >= 0.3 is 0 Å². The van der Waals surface area contributed by atoms with E-state index in [9.17, 15) is 0 Å². The number of aliphatic hydroxyl groups is 1. The number of rotatable bonds is 4. The summed E-state index contributed by atoms with van der Waals surface area (Å²) >= 11 is 3.32. The van der Waals surface area contributed by atoms with Crippen LogP contribution in [0.4, 0.5) is 0 Å². The van der Waals surface area contributed by atoms with Crippen molar-refractivity contribution in [3.63, 3.8) is 0 Å². The number of aliphatic hydroxyl groups excluding tert-OH is 1. The Balaban J connectivity index is 1.95. The molecule has 3 nitrogen and oxygen atoms in total. The van der Waals surface area contributed by atoms with Gasteiger partial charge in [0.25, 0.3) is 0 Å². The Labute approximate surface area is 105 Å². The van der Waals surface area contributed by atoms with Crippen LogP contribution in [0.25, 0.3) is 0 Å². The van der Waals surface area contributed by atoms with Crippen molar-refractivity contribution < 1.29 is 9.52 Å². The standard InChI is InChI=1S/C12H18BrNO2/c13-12-5-4-11(16-12)9-14-7-2-1-3-10(14)6-8-15/h4-5,10,15H,1-3,6-9H2. The lowest BCUT2D eigenvalue weighted by Crippen LogP contribution is -2.39. The zero-order valence-corrected chi connectivity index (χ0v) is 10.9. The van der Waals surface area contributed by atoms with E-state index in [1.165, 1.54) is 19.3 Å². The first-order chi connectivity index (χ1) is 7.79. The summed E-state index contributed by atoms with van der Waals surface area (Å²) in [6.07, 6.45) is 4.61. The van der Waals surface area contributed by atoms with Crippen molar-refractivity contribution in [1.29, 1.82) is 0 Å². The van der Waals surface area contributed by atoms with Gasteiger partial charge in [0.05, 0.1) is 6.54 Å². The molecule has 2 heterocycles. The van der Waals surface area contributed by atoms with Crippen molar-refractivity contribution in [2.75, 3.05) is 13.2 Å². The van der Waals surface area contributed by atoms with Crippen LogP contribution in [-0.2, 0) is 6.54 Å². The molecular formula is C12H18BrNO2. The number of piperidine rings is 1. The molecule has 1 aliphatic rings. The molecule has 0 spiro atoms. The van der Waals surface area contributed by atoms with E-state index in [0.29, 0.717) is 6.04 Å². The third-order valence-corrected chi connectivity index (χ3v) is 3.63. The number of hydrogen-bond acceptors (Lipinski definition) is 3. The van der Waals surface area contributed by atoms with Gasteiger partial charge in [0.2, 0.25) is 0 Å². The second kappa shape index (κ2) is 5.84. The largest absolute Gasteiger partial charge is 0.453 e. The minimum atomic E-state index is 0.281. The normalized spacial score (nSPS) is 22.5. The van der Waals surface area contributed by atoms with Gasteiger partial charge in [-0.2, -0.15) is 0 Å². The lowest BCUT2D eigenvalue weighted by atomic mass is 9.99. The molecule has 1 atom stereocenters. The zero-order valence-electron chi connectivity index (χ0n) is 9.36. The monoisotopic (exact) mass is 287 g/mol. The molecule has 16 heavy (non-hydrogen) atoms. The molecule has 0 amide bonds. The lowest BCUT2D eigenvalue weighted by molar-refractivity contribution is 0.104. The molecule has 4 heteroatoms. The second-order valence-electron chi connectivity index (χ2n) is 4.34. The molecule has 1 aliphatic heterocycles. The van der Waals surface area contributed by atoms with Crippen LogP contribution in [0.5, 0.6) is 0 Å². The van der Waals surface area contributed by atoms with E-state index >= 15 is 0 Å². The number of hydrogen-bond donors (Lipinski definition) is 1. The second-order valence-corrected chi connectivity index (χ2v) is 5.12. The van der Waals surface area contributed by atoms with E-state index in [2.05, 4.69) is 20.8 Å². The van der Waals surface area contributed by atoms with Gasteiger partial charge in [0.1, 0.15) is 5.76 Å². The topological polar surface area (TPSA) is 36.6 Å². The van der Waals surface area contributed by atoms with Crippen LogP contribution in [0.1, 0.15) is 31.4 Å². The lowest BCUT2D eigenvalue weighted by Gasteiger charge is -2.34. The van der Waals surface area contributed by atoms with Gasteiger partial charge in [0, 0.05) is 12.6 Å². The fourth-order valence-corrected chi connectivity index (χ4v) is 2.72. The van der Waals surface area contributed by atoms with Crippen LogP contribution >= 0.6 is 15.9 Å². The molecule has 0 radical (unpaired) electrons. The molecule has 0 aromatic carbocycles. The Hall–Kier alpha value is -0.320. The Bertz CT molecular complexity index is 325. The quantitative estimate of drug-likeness (QED) is 0.925. The first-order valence-corrected chi connectivity index (χ1v) is 6.68. The molecule has 1 aromatic heterocycles. The van der Waals surface area contributed by atoms with Gasteiger partial charge in [-0.05, 0) is 53.9 Å². The fourth-order valence-electron chi connectivity index (χ4n) is 2.38. The zero-order chi connectivity index (χ0) is 11.4. The van der Waals surface area contributed by atoms with Crippen LogP contribution in [-0.4, -0.2) is 29.2 Å². The van der Waals surface area contributed by atoms with Gasteiger partial charge in [-0.25, -0.2) is 0 Å². The first kappa shape index (κ1) is 12.1. The van der Waals surface area contributed by atoms with E-state index < -0.39 is 0 Å². The van der Waals surface area contributed by atoms with Crippen molar-refractivity contribution in [3.05, 3.63) is 22.6 Å². The molecule has 1 saturated heterocycles. The number of likely N-dealkylation sites (tertiary alicyclic amines) is 1. The third-order valence-electron chi connectivity index (χ3n) is 3.20. The van der Waals surface area contributed by atoms with Crippen molar-refractivity contribution in [1.82, 2.24) is 4.90 Å². The Morgan fingerprint density at radius 1 is 1.44 bits per heavy atom. The van der Waals surface area contributed by atoms with Gasteiger partial charge in [-0.3, -0.25) is 4.90 Å². The van der Waals surface area contributed by atoms with Gasteiger partial charge in [-0.1, -0.05) is 6.42 Å². The SMILES string of the molecule is OCCC1CCCCN1Cc1ccc(Br)o1. The maximum Gasteiger partial charge on any atom is 0.169 e. The highest BCUT2D eigenvalue weighted by Crippen LogP contribution is 2.23. The Kier molecular flexibility index (Phi) is 4.44. The number of nitrogens with zero attached hydrogens (tertiary/aromatic N) is 1. The van der Waals surface area contributed by atoms with Crippen LogP contribution < -0.4 is 0 Å². The van der Waals surface area contributed by atoms with Gasteiger partial charge < -0.3 is 9.52 Å². The van der Waals surface area contributed by atoms with E-state index in [-0.39, 0.29) is 6.61 Å². The highest BCUT2D eigenvalue weighted by atomic mass is 79.9. The van der Waals surface area contributed by atoms with Gasteiger partial charge in [0.15, 0.2) is 4.67 Å². The smallest absolute Gasteiger partial charge is 0.169 e. The molecule has 0 bridgehead atoms. The summed E-state index contributed by atoms with van der Waals surface area (Å²) in [5.74, 6) is 0.997. The van der Waals surface area contributed by atoms with Crippen LogP contribution in [0.2, 0.25) is 0 Å². The Morgan fingerprint density at radius 3 is 3.00 bits per heavy atom. The highest BCUT2D eigenvalue weighted by Gasteiger charge is 2.22. The summed E-state index contributed by atoms with van der Waals surface area (Å²) in [5.41, 5.74) is 0. The fraction of sp³-hybridized carbons (Fsp3) is 0.667. The maximum atomic E-state index is 9.05. The van der Waals surface area contributed by atoms with Crippen LogP contribution in [0.3, 0.4) is 0 Å². The van der Waals surface area contributed by atoms with Crippen molar-refractivity contribution >= 4 is 15.9 Å².